The number of aromatic nitrogens is 2. The second-order valence-electron chi connectivity index (χ2n) is 7.60. The minimum atomic E-state index is -2.62. The van der Waals surface area contributed by atoms with E-state index in [9.17, 15) is 13.6 Å². The molecular formula is C20H24F2N4O. The monoisotopic (exact) mass is 374 g/mol. The predicted octanol–water partition coefficient (Wildman–Crippen LogP) is 3.41. The molecule has 1 aromatic heterocycles. The first kappa shape index (κ1) is 18.1. The fourth-order valence-corrected chi connectivity index (χ4v) is 4.11. The normalized spacial score (nSPS) is 20.9. The van der Waals surface area contributed by atoms with Crippen molar-refractivity contribution in [2.24, 2.45) is 5.92 Å². The predicted molar refractivity (Wildman–Crippen MR) is 100.0 cm³/mol. The van der Waals surface area contributed by atoms with Crippen LogP contribution in [0.1, 0.15) is 31.4 Å². The van der Waals surface area contributed by atoms with Gasteiger partial charge in [-0.05, 0) is 19.8 Å². The molecule has 0 radical (unpaired) electrons. The van der Waals surface area contributed by atoms with Crippen molar-refractivity contribution < 1.29 is 13.6 Å². The van der Waals surface area contributed by atoms with Crippen LogP contribution < -0.4 is 4.90 Å². The van der Waals surface area contributed by atoms with Gasteiger partial charge in [0.05, 0.1) is 5.69 Å². The molecule has 2 saturated heterocycles. The van der Waals surface area contributed by atoms with Crippen LogP contribution in [0.4, 0.5) is 14.6 Å². The SMILES string of the molecule is Cc1nnc(N2CCC(C(=O)N3CCC(F)(F)CC3)CC2)c2ccccc12. The Morgan fingerprint density at radius 3 is 2.33 bits per heavy atom. The van der Waals surface area contributed by atoms with E-state index in [4.69, 9.17) is 0 Å². The van der Waals surface area contributed by atoms with Gasteiger partial charge in [-0.2, -0.15) is 5.10 Å². The van der Waals surface area contributed by atoms with Crippen molar-refractivity contribution >= 4 is 22.5 Å². The number of likely N-dealkylation sites (tertiary alicyclic amines) is 1. The van der Waals surface area contributed by atoms with Gasteiger partial charge in [-0.15, -0.1) is 5.10 Å². The van der Waals surface area contributed by atoms with Crippen LogP contribution in [0.25, 0.3) is 10.8 Å². The van der Waals surface area contributed by atoms with Gasteiger partial charge in [-0.1, -0.05) is 24.3 Å². The minimum absolute atomic E-state index is 0.0324. The summed E-state index contributed by atoms with van der Waals surface area (Å²) in [4.78, 5) is 16.5. The minimum Gasteiger partial charge on any atom is -0.355 e. The molecule has 2 aliphatic rings. The lowest BCUT2D eigenvalue weighted by atomic mass is 9.93. The molecule has 0 aliphatic carbocycles. The maximum absolute atomic E-state index is 13.3. The number of hydrogen-bond donors (Lipinski definition) is 0. The number of rotatable bonds is 2. The molecule has 5 nitrogen and oxygen atoms in total. The second kappa shape index (κ2) is 7.02. The number of alkyl halides is 2. The number of benzene rings is 1. The quantitative estimate of drug-likeness (QED) is 0.808. The Morgan fingerprint density at radius 2 is 1.67 bits per heavy atom. The zero-order chi connectivity index (χ0) is 19.0. The van der Waals surface area contributed by atoms with Gasteiger partial charge in [-0.3, -0.25) is 4.79 Å². The second-order valence-corrected chi connectivity index (χ2v) is 7.60. The zero-order valence-corrected chi connectivity index (χ0v) is 15.5. The van der Waals surface area contributed by atoms with Crippen LogP contribution in [0, 0.1) is 12.8 Å². The van der Waals surface area contributed by atoms with Gasteiger partial charge < -0.3 is 9.80 Å². The van der Waals surface area contributed by atoms with Gasteiger partial charge >= 0.3 is 0 Å². The lowest BCUT2D eigenvalue weighted by molar-refractivity contribution is -0.142. The Hall–Kier alpha value is -2.31. The van der Waals surface area contributed by atoms with Gasteiger partial charge in [0.15, 0.2) is 5.82 Å². The summed E-state index contributed by atoms with van der Waals surface area (Å²) in [6, 6.07) is 8.09. The van der Waals surface area contributed by atoms with Gasteiger partial charge in [0, 0.05) is 55.7 Å². The molecule has 1 aromatic carbocycles. The largest absolute Gasteiger partial charge is 0.355 e. The summed E-state index contributed by atoms with van der Waals surface area (Å²) < 4.78 is 26.6. The highest BCUT2D eigenvalue weighted by Gasteiger charge is 2.38. The number of halogens is 2. The maximum Gasteiger partial charge on any atom is 0.251 e. The van der Waals surface area contributed by atoms with Crippen LogP contribution in [0.2, 0.25) is 0 Å². The van der Waals surface area contributed by atoms with Crippen LogP contribution in [-0.4, -0.2) is 53.1 Å². The summed E-state index contributed by atoms with van der Waals surface area (Å²) in [6.45, 7) is 3.73. The van der Waals surface area contributed by atoms with E-state index in [2.05, 4.69) is 21.2 Å². The average Bonchev–Trinajstić information content (AvgIpc) is 2.68. The highest BCUT2D eigenvalue weighted by Crippen LogP contribution is 2.32. The number of anilines is 1. The third-order valence-electron chi connectivity index (χ3n) is 5.80. The number of carbonyl (C=O) groups excluding carboxylic acids is 1. The Balaban J connectivity index is 1.42. The summed E-state index contributed by atoms with van der Waals surface area (Å²) >= 11 is 0. The Morgan fingerprint density at radius 1 is 1.04 bits per heavy atom. The molecule has 0 saturated carbocycles. The van der Waals surface area contributed by atoms with Crippen molar-refractivity contribution in [3.8, 4) is 0 Å². The third kappa shape index (κ3) is 3.59. The van der Waals surface area contributed by atoms with Crippen molar-refractivity contribution in [2.75, 3.05) is 31.1 Å². The molecule has 3 heterocycles. The highest BCUT2D eigenvalue weighted by atomic mass is 19.3. The molecule has 0 N–H and O–H groups in total. The summed E-state index contributed by atoms with van der Waals surface area (Å²) in [6.07, 6.45) is 0.996. The standard InChI is InChI=1S/C20H24F2N4O/c1-14-16-4-2-3-5-17(16)18(24-23-14)25-10-6-15(7-11-25)19(27)26-12-8-20(21,22)9-13-26/h2-5,15H,6-13H2,1H3. The summed E-state index contributed by atoms with van der Waals surface area (Å²) in [5.41, 5.74) is 0.904. The van der Waals surface area contributed by atoms with Crippen molar-refractivity contribution in [1.29, 1.82) is 0 Å². The molecule has 27 heavy (non-hydrogen) atoms. The van der Waals surface area contributed by atoms with Crippen molar-refractivity contribution in [3.63, 3.8) is 0 Å². The number of aryl methyl sites for hydroxylation is 1. The first-order valence-corrected chi connectivity index (χ1v) is 9.58. The van der Waals surface area contributed by atoms with E-state index in [1.54, 1.807) is 4.90 Å². The first-order chi connectivity index (χ1) is 12.9. The molecule has 7 heteroatoms. The molecule has 0 bridgehead atoms. The van der Waals surface area contributed by atoms with Crippen molar-refractivity contribution in [3.05, 3.63) is 30.0 Å². The molecule has 144 valence electrons. The summed E-state index contributed by atoms with van der Waals surface area (Å²) in [5.74, 6) is -1.81. The topological polar surface area (TPSA) is 49.3 Å². The number of hydrogen-bond acceptors (Lipinski definition) is 4. The van der Waals surface area contributed by atoms with Gasteiger partial charge in [0.25, 0.3) is 5.92 Å². The number of piperidine rings is 2. The van der Waals surface area contributed by atoms with Gasteiger partial charge in [0.2, 0.25) is 5.91 Å². The molecule has 2 fully saturated rings. The lowest BCUT2D eigenvalue weighted by Gasteiger charge is -2.37. The van der Waals surface area contributed by atoms with Crippen LogP contribution in [0.3, 0.4) is 0 Å². The van der Waals surface area contributed by atoms with E-state index in [0.717, 1.165) is 48.2 Å². The average molecular weight is 374 g/mol. The van der Waals surface area contributed by atoms with E-state index in [0.29, 0.717) is 0 Å². The summed E-state index contributed by atoms with van der Waals surface area (Å²) in [7, 11) is 0. The third-order valence-corrected chi connectivity index (χ3v) is 5.80. The molecule has 0 atom stereocenters. The Kier molecular flexibility index (Phi) is 4.70. The molecule has 0 spiro atoms. The molecule has 0 unspecified atom stereocenters. The van der Waals surface area contributed by atoms with Crippen LogP contribution in [-0.2, 0) is 4.79 Å². The molecule has 2 aromatic rings. The highest BCUT2D eigenvalue weighted by molar-refractivity contribution is 5.93. The Bertz CT molecular complexity index is 839. The van der Waals surface area contributed by atoms with Crippen molar-refractivity contribution in [1.82, 2.24) is 15.1 Å². The van der Waals surface area contributed by atoms with Crippen LogP contribution in [0.5, 0.6) is 0 Å². The Labute approximate surface area is 157 Å². The molecule has 1 amide bonds. The van der Waals surface area contributed by atoms with Crippen LogP contribution in [0.15, 0.2) is 24.3 Å². The maximum atomic E-state index is 13.3. The first-order valence-electron chi connectivity index (χ1n) is 9.58. The molecule has 4 rings (SSSR count). The van der Waals surface area contributed by atoms with Gasteiger partial charge in [-0.25, -0.2) is 8.78 Å². The number of nitrogens with zero attached hydrogens (tertiary/aromatic N) is 4. The summed E-state index contributed by atoms with van der Waals surface area (Å²) in [5, 5.41) is 10.9. The number of amides is 1. The van der Waals surface area contributed by atoms with E-state index >= 15 is 0 Å². The fraction of sp³-hybridized carbons (Fsp3) is 0.550. The zero-order valence-electron chi connectivity index (χ0n) is 15.5. The van der Waals surface area contributed by atoms with Crippen LogP contribution >= 0.6 is 0 Å². The smallest absolute Gasteiger partial charge is 0.251 e. The lowest BCUT2D eigenvalue weighted by Crippen LogP contribution is -2.47. The molecular weight excluding hydrogens is 350 g/mol. The van der Waals surface area contributed by atoms with E-state index < -0.39 is 5.92 Å². The van der Waals surface area contributed by atoms with Crippen molar-refractivity contribution in [2.45, 2.75) is 38.5 Å². The fourth-order valence-electron chi connectivity index (χ4n) is 4.11. The van der Waals surface area contributed by atoms with E-state index in [-0.39, 0.29) is 37.8 Å². The number of carbonyl (C=O) groups is 1. The molecule has 2 aliphatic heterocycles. The van der Waals surface area contributed by atoms with E-state index in [1.165, 1.54) is 0 Å². The van der Waals surface area contributed by atoms with Gasteiger partial charge in [0.1, 0.15) is 0 Å². The van der Waals surface area contributed by atoms with E-state index in [1.807, 2.05) is 25.1 Å². The number of fused-ring (bicyclic) bond motifs is 1.